The molecule has 28 heavy (non-hydrogen) atoms. The summed E-state index contributed by atoms with van der Waals surface area (Å²) in [7, 11) is 0. The van der Waals surface area contributed by atoms with E-state index >= 15 is 0 Å². The van der Waals surface area contributed by atoms with Crippen molar-refractivity contribution in [3.8, 4) is 0 Å². The number of hydrogen-bond acceptors (Lipinski definition) is 4. The van der Waals surface area contributed by atoms with Gasteiger partial charge in [-0.15, -0.1) is 0 Å². The van der Waals surface area contributed by atoms with Gasteiger partial charge in [-0.25, -0.2) is 0 Å². The number of carbonyl (C=O) groups excluding carboxylic acids is 3. The van der Waals surface area contributed by atoms with E-state index in [2.05, 4.69) is 21.0 Å². The number of benzene rings is 2. The van der Waals surface area contributed by atoms with Crippen LogP contribution >= 0.6 is 15.9 Å². The first-order chi connectivity index (χ1) is 13.3. The lowest BCUT2D eigenvalue weighted by Crippen LogP contribution is -2.46. The molecule has 1 saturated heterocycles. The molecule has 2 unspecified atom stereocenters. The van der Waals surface area contributed by atoms with Gasteiger partial charge in [0.1, 0.15) is 5.41 Å². The zero-order valence-corrected chi connectivity index (χ0v) is 17.0. The maximum absolute atomic E-state index is 13.3. The Bertz CT molecular complexity index is 1000. The fraction of sp³-hybridized carbons (Fsp3) is 0.238. The molecule has 2 aliphatic heterocycles. The normalized spacial score (nSPS) is 24.9. The quantitative estimate of drug-likeness (QED) is 0.683. The van der Waals surface area contributed by atoms with Gasteiger partial charge in [-0.05, 0) is 50.2 Å². The highest BCUT2D eigenvalue weighted by Gasteiger charge is 2.58. The van der Waals surface area contributed by atoms with Gasteiger partial charge in [0.25, 0.3) is 5.91 Å². The summed E-state index contributed by atoms with van der Waals surface area (Å²) in [4.78, 5) is 40.3. The van der Waals surface area contributed by atoms with Crippen LogP contribution in [0.5, 0.6) is 0 Å². The second-order valence-electron chi connectivity index (χ2n) is 7.14. The lowest BCUT2D eigenvalue weighted by molar-refractivity contribution is -0.131. The lowest BCUT2D eigenvalue weighted by atomic mass is 9.72. The number of amides is 3. The summed E-state index contributed by atoms with van der Waals surface area (Å²) in [5.74, 6) is -1.75. The van der Waals surface area contributed by atoms with Gasteiger partial charge in [-0.2, -0.15) is 10.1 Å². The first-order valence-electron chi connectivity index (χ1n) is 8.91. The van der Waals surface area contributed by atoms with Crippen molar-refractivity contribution >= 4 is 50.7 Å². The summed E-state index contributed by atoms with van der Waals surface area (Å²) < 4.78 is 0.853. The molecule has 1 fully saturated rings. The first kappa shape index (κ1) is 18.6. The molecular weight excluding hydrogens is 422 g/mol. The van der Waals surface area contributed by atoms with Gasteiger partial charge in [-0.3, -0.25) is 19.3 Å². The van der Waals surface area contributed by atoms with Crippen LogP contribution in [0, 0.1) is 11.3 Å². The van der Waals surface area contributed by atoms with Gasteiger partial charge in [-0.1, -0.05) is 34.1 Å². The molecule has 0 radical (unpaired) electrons. The molecule has 0 spiro atoms. The SMILES string of the molecule is CC1=NN(c2ccccc2)C(=O)C1(C)C1CC(=O)N(c2ccc(Br)cc2)C1=O. The molecule has 0 aromatic heterocycles. The van der Waals surface area contributed by atoms with Crippen LogP contribution in [0.15, 0.2) is 64.2 Å². The highest BCUT2D eigenvalue weighted by atomic mass is 79.9. The molecule has 7 heteroatoms. The molecule has 2 heterocycles. The predicted molar refractivity (Wildman–Crippen MR) is 110 cm³/mol. The lowest BCUT2D eigenvalue weighted by Gasteiger charge is -2.28. The minimum absolute atomic E-state index is 0.0212. The average Bonchev–Trinajstić information content (AvgIpc) is 3.12. The van der Waals surface area contributed by atoms with E-state index in [-0.39, 0.29) is 24.1 Å². The number of hydrazone groups is 1. The molecular formula is C21H18BrN3O3. The van der Waals surface area contributed by atoms with Crippen LogP contribution in [0.4, 0.5) is 11.4 Å². The van der Waals surface area contributed by atoms with E-state index in [1.54, 1.807) is 50.2 Å². The summed E-state index contributed by atoms with van der Waals surface area (Å²) in [5.41, 5.74) is 0.513. The molecule has 6 nitrogen and oxygen atoms in total. The Kier molecular flexibility index (Phi) is 4.42. The van der Waals surface area contributed by atoms with E-state index in [9.17, 15) is 14.4 Å². The second kappa shape index (κ2) is 6.67. The molecule has 0 saturated carbocycles. The molecule has 2 atom stereocenters. The number of anilines is 2. The Morgan fingerprint density at radius 3 is 2.29 bits per heavy atom. The molecule has 0 aliphatic carbocycles. The van der Waals surface area contributed by atoms with Crippen LogP contribution in [0.25, 0.3) is 0 Å². The number of hydrogen-bond donors (Lipinski definition) is 0. The Morgan fingerprint density at radius 1 is 1.00 bits per heavy atom. The first-order valence-corrected chi connectivity index (χ1v) is 9.71. The highest BCUT2D eigenvalue weighted by molar-refractivity contribution is 9.10. The van der Waals surface area contributed by atoms with E-state index in [0.717, 1.165) is 4.47 Å². The van der Waals surface area contributed by atoms with Crippen molar-refractivity contribution < 1.29 is 14.4 Å². The van der Waals surface area contributed by atoms with Crippen LogP contribution in [-0.2, 0) is 14.4 Å². The number of halogens is 1. The minimum Gasteiger partial charge on any atom is -0.274 e. The number of nitrogens with zero attached hydrogens (tertiary/aromatic N) is 3. The average molecular weight is 440 g/mol. The molecule has 2 aromatic carbocycles. The summed E-state index contributed by atoms with van der Waals surface area (Å²) in [6.45, 7) is 3.44. The van der Waals surface area contributed by atoms with Crippen molar-refractivity contribution in [3.63, 3.8) is 0 Å². The van der Waals surface area contributed by atoms with Crippen LogP contribution in [-0.4, -0.2) is 23.4 Å². The Balaban J connectivity index is 1.68. The largest absolute Gasteiger partial charge is 0.274 e. The van der Waals surface area contributed by atoms with Crippen molar-refractivity contribution in [2.24, 2.45) is 16.4 Å². The van der Waals surface area contributed by atoms with Crippen LogP contribution in [0.1, 0.15) is 20.3 Å². The summed E-state index contributed by atoms with van der Waals surface area (Å²) >= 11 is 3.35. The van der Waals surface area contributed by atoms with Crippen molar-refractivity contribution in [2.45, 2.75) is 20.3 Å². The van der Waals surface area contributed by atoms with Gasteiger partial charge in [0.2, 0.25) is 11.8 Å². The van der Waals surface area contributed by atoms with Crippen LogP contribution in [0.2, 0.25) is 0 Å². The molecule has 4 rings (SSSR count). The minimum atomic E-state index is -1.16. The molecule has 2 aliphatic rings. The fourth-order valence-electron chi connectivity index (χ4n) is 3.76. The van der Waals surface area contributed by atoms with Gasteiger partial charge in [0.15, 0.2) is 0 Å². The zero-order chi connectivity index (χ0) is 20.1. The van der Waals surface area contributed by atoms with Crippen molar-refractivity contribution in [3.05, 3.63) is 59.1 Å². The molecule has 142 valence electrons. The molecule has 2 aromatic rings. The van der Waals surface area contributed by atoms with Crippen molar-refractivity contribution in [1.29, 1.82) is 0 Å². The summed E-state index contributed by atoms with van der Waals surface area (Å²) in [6.07, 6.45) is -0.0212. The molecule has 0 bridgehead atoms. The molecule has 3 amide bonds. The number of para-hydroxylation sites is 1. The van der Waals surface area contributed by atoms with Gasteiger partial charge in [0, 0.05) is 10.9 Å². The number of carbonyl (C=O) groups is 3. The summed E-state index contributed by atoms with van der Waals surface area (Å²) in [5, 5.41) is 5.75. The van der Waals surface area contributed by atoms with Gasteiger partial charge < -0.3 is 0 Å². The number of imide groups is 1. The fourth-order valence-corrected chi connectivity index (χ4v) is 4.03. The highest BCUT2D eigenvalue weighted by Crippen LogP contribution is 2.44. The Morgan fingerprint density at radius 2 is 1.64 bits per heavy atom. The smallest absolute Gasteiger partial charge is 0.259 e. The zero-order valence-electron chi connectivity index (χ0n) is 15.4. The molecule has 0 N–H and O–H groups in total. The number of rotatable bonds is 3. The Hall–Kier alpha value is -2.80. The van der Waals surface area contributed by atoms with Crippen molar-refractivity contribution in [2.75, 3.05) is 9.91 Å². The van der Waals surface area contributed by atoms with Crippen LogP contribution < -0.4 is 9.91 Å². The third-order valence-corrected chi connectivity index (χ3v) is 6.10. The van der Waals surface area contributed by atoms with Gasteiger partial charge in [0.05, 0.1) is 23.0 Å². The van der Waals surface area contributed by atoms with Gasteiger partial charge >= 0.3 is 0 Å². The third-order valence-electron chi connectivity index (χ3n) is 5.57. The van der Waals surface area contributed by atoms with E-state index in [0.29, 0.717) is 17.1 Å². The summed E-state index contributed by atoms with van der Waals surface area (Å²) in [6, 6.07) is 16.0. The standard InChI is InChI=1S/C21H18BrN3O3/c1-13-21(2,20(28)25(23-13)16-6-4-3-5-7-16)17-12-18(26)24(19(17)27)15-10-8-14(22)9-11-15/h3-11,17H,12H2,1-2H3. The third kappa shape index (κ3) is 2.69. The topological polar surface area (TPSA) is 70.1 Å². The van der Waals surface area contributed by atoms with E-state index in [4.69, 9.17) is 0 Å². The predicted octanol–water partition coefficient (Wildman–Crippen LogP) is 3.76. The van der Waals surface area contributed by atoms with E-state index < -0.39 is 11.3 Å². The van der Waals surface area contributed by atoms with E-state index in [1.165, 1.54) is 9.91 Å². The monoisotopic (exact) mass is 439 g/mol. The maximum Gasteiger partial charge on any atom is 0.259 e. The Labute approximate surface area is 170 Å². The second-order valence-corrected chi connectivity index (χ2v) is 8.06. The van der Waals surface area contributed by atoms with Crippen molar-refractivity contribution in [1.82, 2.24) is 0 Å². The van der Waals surface area contributed by atoms with Crippen LogP contribution in [0.3, 0.4) is 0 Å². The maximum atomic E-state index is 13.3. The van der Waals surface area contributed by atoms with E-state index in [1.807, 2.05) is 18.2 Å².